The average Bonchev–Trinajstić information content (AvgIpc) is 2.93. The molecule has 2 N–H and O–H groups in total. The highest BCUT2D eigenvalue weighted by molar-refractivity contribution is 6.30. The molecule has 20 heavy (non-hydrogen) atoms. The standard InChI is InChI=1S/C15H19ClN4/c16-13-3-1-12(2-4-13)14(17)5-7-19-9-10-20-8-6-18-15(20)11-19/h1-4,6,8,14H,5,7,9-11,17H2. The molecule has 0 radical (unpaired) electrons. The third-order valence-electron chi connectivity index (χ3n) is 3.88. The van der Waals surface area contributed by atoms with E-state index in [1.807, 2.05) is 36.7 Å². The molecular weight excluding hydrogens is 272 g/mol. The fourth-order valence-electron chi connectivity index (χ4n) is 2.61. The molecule has 3 rings (SSSR count). The number of nitrogens with zero attached hydrogens (tertiary/aromatic N) is 3. The maximum atomic E-state index is 6.25. The van der Waals surface area contributed by atoms with Gasteiger partial charge in [0.2, 0.25) is 0 Å². The van der Waals surface area contributed by atoms with Crippen LogP contribution < -0.4 is 5.73 Å². The number of aromatic nitrogens is 2. The van der Waals surface area contributed by atoms with Crippen LogP contribution in [0.4, 0.5) is 0 Å². The Bertz CT molecular complexity index is 564. The van der Waals surface area contributed by atoms with Gasteiger partial charge in [-0.3, -0.25) is 4.90 Å². The number of benzene rings is 1. The lowest BCUT2D eigenvalue weighted by molar-refractivity contribution is 0.210. The SMILES string of the molecule is NC(CCN1CCn2ccnc2C1)c1ccc(Cl)cc1. The molecule has 1 unspecified atom stereocenters. The predicted molar refractivity (Wildman–Crippen MR) is 80.5 cm³/mol. The summed E-state index contributed by atoms with van der Waals surface area (Å²) in [7, 11) is 0. The molecule has 0 aliphatic carbocycles. The molecule has 2 aromatic rings. The van der Waals surface area contributed by atoms with E-state index in [2.05, 4.69) is 14.5 Å². The van der Waals surface area contributed by atoms with Crippen LogP contribution in [0.25, 0.3) is 0 Å². The van der Waals surface area contributed by atoms with Crippen molar-refractivity contribution in [2.24, 2.45) is 5.73 Å². The van der Waals surface area contributed by atoms with Crippen LogP contribution in [0, 0.1) is 0 Å². The van der Waals surface area contributed by atoms with E-state index in [1.165, 1.54) is 0 Å². The van der Waals surface area contributed by atoms with Crippen molar-refractivity contribution >= 4 is 11.6 Å². The topological polar surface area (TPSA) is 47.1 Å². The van der Waals surface area contributed by atoms with Crippen molar-refractivity contribution in [3.63, 3.8) is 0 Å². The van der Waals surface area contributed by atoms with Crippen LogP contribution in [-0.2, 0) is 13.1 Å². The Labute approximate surface area is 124 Å². The lowest BCUT2D eigenvalue weighted by atomic mass is 10.0. The smallest absolute Gasteiger partial charge is 0.122 e. The zero-order valence-electron chi connectivity index (χ0n) is 11.4. The Morgan fingerprint density at radius 2 is 2.05 bits per heavy atom. The van der Waals surface area contributed by atoms with Crippen molar-refractivity contribution in [1.29, 1.82) is 0 Å². The van der Waals surface area contributed by atoms with Crippen molar-refractivity contribution in [1.82, 2.24) is 14.5 Å². The first-order valence-corrected chi connectivity index (χ1v) is 7.33. The largest absolute Gasteiger partial charge is 0.333 e. The van der Waals surface area contributed by atoms with Crippen LogP contribution >= 0.6 is 11.6 Å². The third kappa shape index (κ3) is 3.03. The van der Waals surface area contributed by atoms with Crippen molar-refractivity contribution in [2.75, 3.05) is 13.1 Å². The van der Waals surface area contributed by atoms with Crippen molar-refractivity contribution in [3.05, 3.63) is 53.1 Å². The van der Waals surface area contributed by atoms with Crippen LogP contribution in [0.15, 0.2) is 36.7 Å². The van der Waals surface area contributed by atoms with Crippen LogP contribution in [0.1, 0.15) is 23.9 Å². The number of hydrogen-bond donors (Lipinski definition) is 1. The summed E-state index contributed by atoms with van der Waals surface area (Å²) in [6.45, 7) is 4.00. The highest BCUT2D eigenvalue weighted by atomic mass is 35.5. The molecule has 0 amide bonds. The van der Waals surface area contributed by atoms with Gasteiger partial charge in [-0.05, 0) is 24.1 Å². The number of nitrogens with two attached hydrogens (primary N) is 1. The lowest BCUT2D eigenvalue weighted by Crippen LogP contribution is -2.35. The first kappa shape index (κ1) is 13.6. The molecule has 0 saturated carbocycles. The van der Waals surface area contributed by atoms with Crippen molar-refractivity contribution in [2.45, 2.75) is 25.6 Å². The van der Waals surface area contributed by atoms with Gasteiger partial charge in [0.1, 0.15) is 5.82 Å². The maximum Gasteiger partial charge on any atom is 0.122 e. The Morgan fingerprint density at radius 3 is 2.85 bits per heavy atom. The van der Waals surface area contributed by atoms with Gasteiger partial charge in [0.05, 0.1) is 6.54 Å². The molecule has 106 valence electrons. The second-order valence-electron chi connectivity index (χ2n) is 5.26. The summed E-state index contributed by atoms with van der Waals surface area (Å²) in [5.74, 6) is 1.15. The van der Waals surface area contributed by atoms with E-state index in [-0.39, 0.29) is 6.04 Å². The molecule has 0 fully saturated rings. The van der Waals surface area contributed by atoms with E-state index in [0.717, 1.165) is 49.0 Å². The average molecular weight is 291 g/mol. The van der Waals surface area contributed by atoms with E-state index < -0.39 is 0 Å². The highest BCUT2D eigenvalue weighted by Gasteiger charge is 2.17. The van der Waals surface area contributed by atoms with Gasteiger partial charge in [0, 0.05) is 43.1 Å². The summed E-state index contributed by atoms with van der Waals surface area (Å²) < 4.78 is 2.22. The second-order valence-corrected chi connectivity index (χ2v) is 5.70. The van der Waals surface area contributed by atoms with Crippen LogP contribution in [0.5, 0.6) is 0 Å². The van der Waals surface area contributed by atoms with Gasteiger partial charge < -0.3 is 10.3 Å². The van der Waals surface area contributed by atoms with E-state index in [1.54, 1.807) is 0 Å². The number of hydrogen-bond acceptors (Lipinski definition) is 3. The van der Waals surface area contributed by atoms with Crippen molar-refractivity contribution < 1.29 is 0 Å². The number of halogens is 1. The predicted octanol–water partition coefficient (Wildman–Crippen LogP) is 2.44. The van der Waals surface area contributed by atoms with Gasteiger partial charge >= 0.3 is 0 Å². The van der Waals surface area contributed by atoms with Gasteiger partial charge in [-0.1, -0.05) is 23.7 Å². The first-order chi connectivity index (χ1) is 9.72. The summed E-state index contributed by atoms with van der Waals surface area (Å²) >= 11 is 5.89. The fraction of sp³-hybridized carbons (Fsp3) is 0.400. The van der Waals surface area contributed by atoms with Crippen LogP contribution in [0.3, 0.4) is 0 Å². The Hall–Kier alpha value is -1.36. The van der Waals surface area contributed by atoms with Crippen LogP contribution in [-0.4, -0.2) is 27.5 Å². The Balaban J connectivity index is 1.54. The van der Waals surface area contributed by atoms with Gasteiger partial charge in [0.15, 0.2) is 0 Å². The normalized spacial score (nSPS) is 16.9. The summed E-state index contributed by atoms with van der Waals surface area (Å²) in [6, 6.07) is 7.88. The zero-order chi connectivity index (χ0) is 13.9. The molecular formula is C15H19ClN4. The van der Waals surface area contributed by atoms with E-state index in [0.29, 0.717) is 0 Å². The number of imidazole rings is 1. The number of rotatable bonds is 4. The summed E-state index contributed by atoms with van der Waals surface area (Å²) in [6.07, 6.45) is 4.87. The molecule has 2 heterocycles. The van der Waals surface area contributed by atoms with Crippen LogP contribution in [0.2, 0.25) is 5.02 Å². The van der Waals surface area contributed by atoms with E-state index in [9.17, 15) is 0 Å². The molecule has 0 spiro atoms. The van der Waals surface area contributed by atoms with Crippen molar-refractivity contribution in [3.8, 4) is 0 Å². The van der Waals surface area contributed by atoms with E-state index in [4.69, 9.17) is 17.3 Å². The van der Waals surface area contributed by atoms with Gasteiger partial charge in [0.25, 0.3) is 0 Å². The summed E-state index contributed by atoms with van der Waals surface area (Å²) in [5, 5.41) is 0.754. The quantitative estimate of drug-likeness (QED) is 0.941. The molecule has 4 nitrogen and oxygen atoms in total. The molecule has 1 aromatic carbocycles. The third-order valence-corrected chi connectivity index (χ3v) is 4.13. The lowest BCUT2D eigenvalue weighted by Gasteiger charge is -2.28. The minimum Gasteiger partial charge on any atom is -0.333 e. The molecule has 0 saturated heterocycles. The highest BCUT2D eigenvalue weighted by Crippen LogP contribution is 2.18. The minimum atomic E-state index is 0.0638. The van der Waals surface area contributed by atoms with Gasteiger partial charge in [-0.2, -0.15) is 0 Å². The molecule has 1 aromatic heterocycles. The summed E-state index contributed by atoms with van der Waals surface area (Å²) in [4.78, 5) is 6.79. The minimum absolute atomic E-state index is 0.0638. The van der Waals surface area contributed by atoms with E-state index >= 15 is 0 Å². The Kier molecular flexibility index (Phi) is 4.05. The second kappa shape index (κ2) is 5.95. The Morgan fingerprint density at radius 1 is 1.25 bits per heavy atom. The summed E-state index contributed by atoms with van der Waals surface area (Å²) in [5.41, 5.74) is 7.39. The van der Waals surface area contributed by atoms with Gasteiger partial charge in [-0.15, -0.1) is 0 Å². The first-order valence-electron chi connectivity index (χ1n) is 6.96. The molecule has 1 aliphatic rings. The monoisotopic (exact) mass is 290 g/mol. The maximum absolute atomic E-state index is 6.25. The molecule has 1 atom stereocenters. The fourth-order valence-corrected chi connectivity index (χ4v) is 2.74. The number of fused-ring (bicyclic) bond motifs is 1. The zero-order valence-corrected chi connectivity index (χ0v) is 12.1. The van der Waals surface area contributed by atoms with Gasteiger partial charge in [-0.25, -0.2) is 4.98 Å². The molecule has 1 aliphatic heterocycles. The molecule has 5 heteroatoms. The molecule has 0 bridgehead atoms.